The summed E-state index contributed by atoms with van der Waals surface area (Å²) in [4.78, 5) is 4.37. The molecule has 0 aliphatic rings. The quantitative estimate of drug-likeness (QED) is 0.699. The van der Waals surface area contributed by atoms with E-state index in [2.05, 4.69) is 31.9 Å². The molecule has 0 fully saturated rings. The van der Waals surface area contributed by atoms with Crippen molar-refractivity contribution in [2.45, 2.75) is 0 Å². The van der Waals surface area contributed by atoms with Gasteiger partial charge in [0.1, 0.15) is 0 Å². The highest BCUT2D eigenvalue weighted by molar-refractivity contribution is 5.62. The Hall–Kier alpha value is -3.86. The second-order valence-electron chi connectivity index (χ2n) is 5.17. The van der Waals surface area contributed by atoms with Crippen molar-refractivity contribution in [1.29, 1.82) is 5.26 Å². The zero-order valence-corrected chi connectivity index (χ0v) is 14.2. The molecule has 2 N–H and O–H groups in total. The smallest absolute Gasteiger partial charge is 0.249 e. The van der Waals surface area contributed by atoms with Gasteiger partial charge in [0.15, 0.2) is 17.3 Å². The summed E-state index contributed by atoms with van der Waals surface area (Å²) >= 11 is 0. The highest BCUT2D eigenvalue weighted by Gasteiger charge is 2.07. The molecule has 0 atom stereocenters. The van der Waals surface area contributed by atoms with Gasteiger partial charge in [-0.3, -0.25) is 0 Å². The Morgan fingerprint density at radius 3 is 2.35 bits per heavy atom. The van der Waals surface area contributed by atoms with E-state index in [1.807, 2.05) is 6.07 Å². The largest absolute Gasteiger partial charge is 0.493 e. The van der Waals surface area contributed by atoms with Crippen LogP contribution in [0.25, 0.3) is 0 Å². The topological polar surface area (TPSA) is 105 Å². The fourth-order valence-electron chi connectivity index (χ4n) is 2.24. The third kappa shape index (κ3) is 3.96. The Kier molecular flexibility index (Phi) is 5.10. The number of rotatable bonds is 6. The van der Waals surface area contributed by atoms with Gasteiger partial charge >= 0.3 is 0 Å². The number of anilines is 4. The third-order valence-electron chi connectivity index (χ3n) is 3.48. The first-order valence-corrected chi connectivity index (χ1v) is 7.68. The Morgan fingerprint density at radius 2 is 1.65 bits per heavy atom. The van der Waals surface area contributed by atoms with Crippen LogP contribution >= 0.6 is 0 Å². The van der Waals surface area contributed by atoms with Crippen molar-refractivity contribution >= 4 is 23.1 Å². The predicted molar refractivity (Wildman–Crippen MR) is 97.1 cm³/mol. The van der Waals surface area contributed by atoms with Crippen LogP contribution < -0.4 is 20.1 Å². The number of nitriles is 1. The van der Waals surface area contributed by atoms with Crippen LogP contribution in [0.5, 0.6) is 11.5 Å². The first kappa shape index (κ1) is 17.0. The minimum absolute atomic E-state index is 0.330. The van der Waals surface area contributed by atoms with Gasteiger partial charge in [0, 0.05) is 17.4 Å². The number of hydrogen-bond acceptors (Lipinski definition) is 8. The molecule has 130 valence electrons. The Balaban J connectivity index is 1.75. The summed E-state index contributed by atoms with van der Waals surface area (Å²) in [5.74, 6) is 2.08. The molecule has 0 amide bonds. The lowest BCUT2D eigenvalue weighted by molar-refractivity contribution is 0.355. The lowest BCUT2D eigenvalue weighted by atomic mass is 10.2. The first-order chi connectivity index (χ1) is 12.7. The standard InChI is InChI=1S/C18H16N6O2/c1-25-15-8-7-14(9-16(15)26-2)22-18-23-17(11-20-24-18)21-13-5-3-12(10-19)4-6-13/h3-9,11H,1-2H3,(H2,21,22,23,24). The average Bonchev–Trinajstić information content (AvgIpc) is 2.69. The minimum atomic E-state index is 0.330. The molecule has 0 bridgehead atoms. The molecule has 0 aliphatic heterocycles. The molecule has 1 heterocycles. The van der Waals surface area contributed by atoms with Crippen LogP contribution in [-0.2, 0) is 0 Å². The zero-order chi connectivity index (χ0) is 18.4. The van der Waals surface area contributed by atoms with Gasteiger partial charge in [-0.2, -0.15) is 15.3 Å². The van der Waals surface area contributed by atoms with Crippen LogP contribution in [0, 0.1) is 11.3 Å². The van der Waals surface area contributed by atoms with Gasteiger partial charge in [0.25, 0.3) is 0 Å². The summed E-state index contributed by atoms with van der Waals surface area (Å²) in [7, 11) is 3.15. The Morgan fingerprint density at radius 1 is 0.923 bits per heavy atom. The molecular formula is C18H16N6O2. The molecule has 0 aliphatic carbocycles. The predicted octanol–water partition coefficient (Wildman–Crippen LogP) is 3.25. The molecule has 26 heavy (non-hydrogen) atoms. The normalized spacial score (nSPS) is 9.88. The van der Waals surface area contributed by atoms with E-state index in [1.54, 1.807) is 50.6 Å². The van der Waals surface area contributed by atoms with Crippen molar-refractivity contribution in [1.82, 2.24) is 15.2 Å². The molecule has 2 aromatic carbocycles. The van der Waals surface area contributed by atoms with Crippen LogP contribution in [0.1, 0.15) is 5.56 Å². The Bertz CT molecular complexity index is 937. The maximum Gasteiger partial charge on any atom is 0.249 e. The van der Waals surface area contributed by atoms with E-state index in [-0.39, 0.29) is 0 Å². The SMILES string of the molecule is COc1ccc(Nc2nncc(Nc3ccc(C#N)cc3)n2)cc1OC. The van der Waals surface area contributed by atoms with Crippen molar-refractivity contribution in [3.8, 4) is 17.6 Å². The molecule has 0 saturated carbocycles. The average molecular weight is 348 g/mol. The summed E-state index contributed by atoms with van der Waals surface area (Å²) < 4.78 is 10.5. The van der Waals surface area contributed by atoms with Gasteiger partial charge in [-0.15, -0.1) is 5.10 Å². The van der Waals surface area contributed by atoms with Crippen LogP contribution in [-0.4, -0.2) is 29.4 Å². The number of nitrogens with zero attached hydrogens (tertiary/aromatic N) is 4. The first-order valence-electron chi connectivity index (χ1n) is 7.68. The Labute approximate surface area is 150 Å². The second-order valence-corrected chi connectivity index (χ2v) is 5.17. The van der Waals surface area contributed by atoms with Gasteiger partial charge in [-0.05, 0) is 36.4 Å². The molecular weight excluding hydrogens is 332 g/mol. The maximum absolute atomic E-state index is 8.84. The van der Waals surface area contributed by atoms with Crippen LogP contribution in [0.2, 0.25) is 0 Å². The number of aromatic nitrogens is 3. The number of methoxy groups -OCH3 is 2. The number of nitrogens with one attached hydrogen (secondary N) is 2. The molecule has 3 rings (SSSR count). The number of benzene rings is 2. The van der Waals surface area contributed by atoms with E-state index >= 15 is 0 Å². The summed E-state index contributed by atoms with van der Waals surface area (Å²) in [6.07, 6.45) is 1.51. The van der Waals surface area contributed by atoms with E-state index in [1.165, 1.54) is 6.20 Å². The van der Waals surface area contributed by atoms with Crippen LogP contribution in [0.3, 0.4) is 0 Å². The molecule has 0 saturated heterocycles. The fraction of sp³-hybridized carbons (Fsp3) is 0.111. The van der Waals surface area contributed by atoms with Crippen molar-refractivity contribution < 1.29 is 9.47 Å². The molecule has 0 radical (unpaired) electrons. The van der Waals surface area contributed by atoms with E-state index in [9.17, 15) is 0 Å². The summed E-state index contributed by atoms with van der Waals surface area (Å²) in [6.45, 7) is 0. The molecule has 8 heteroatoms. The van der Waals surface area contributed by atoms with Crippen LogP contribution in [0.4, 0.5) is 23.1 Å². The van der Waals surface area contributed by atoms with E-state index < -0.39 is 0 Å². The third-order valence-corrected chi connectivity index (χ3v) is 3.48. The summed E-state index contributed by atoms with van der Waals surface area (Å²) in [6, 6.07) is 14.5. The fourth-order valence-corrected chi connectivity index (χ4v) is 2.24. The summed E-state index contributed by atoms with van der Waals surface area (Å²) in [5.41, 5.74) is 2.12. The van der Waals surface area contributed by atoms with E-state index in [0.29, 0.717) is 28.8 Å². The second kappa shape index (κ2) is 7.81. The molecule has 1 aromatic heterocycles. The monoisotopic (exact) mass is 348 g/mol. The molecule has 3 aromatic rings. The lowest BCUT2D eigenvalue weighted by Gasteiger charge is -2.11. The van der Waals surface area contributed by atoms with Gasteiger partial charge < -0.3 is 20.1 Å². The van der Waals surface area contributed by atoms with Gasteiger partial charge in [0.2, 0.25) is 5.95 Å². The van der Waals surface area contributed by atoms with Crippen molar-refractivity contribution in [3.63, 3.8) is 0 Å². The minimum Gasteiger partial charge on any atom is -0.493 e. The van der Waals surface area contributed by atoms with Gasteiger partial charge in [-0.1, -0.05) is 0 Å². The van der Waals surface area contributed by atoms with Crippen molar-refractivity contribution in [3.05, 3.63) is 54.2 Å². The molecule has 0 spiro atoms. The van der Waals surface area contributed by atoms with Crippen LogP contribution in [0.15, 0.2) is 48.7 Å². The highest BCUT2D eigenvalue weighted by Crippen LogP contribution is 2.30. The number of ether oxygens (including phenoxy) is 2. The van der Waals surface area contributed by atoms with E-state index in [0.717, 1.165) is 11.4 Å². The van der Waals surface area contributed by atoms with Gasteiger partial charge in [-0.25, -0.2) is 0 Å². The summed E-state index contributed by atoms with van der Waals surface area (Å²) in [5, 5.41) is 22.9. The number of hydrogen-bond donors (Lipinski definition) is 2. The maximum atomic E-state index is 8.84. The van der Waals surface area contributed by atoms with E-state index in [4.69, 9.17) is 14.7 Å². The zero-order valence-electron chi connectivity index (χ0n) is 14.2. The van der Waals surface area contributed by atoms with Gasteiger partial charge in [0.05, 0.1) is 32.0 Å². The molecule has 0 unspecified atom stereocenters. The lowest BCUT2D eigenvalue weighted by Crippen LogP contribution is -2.02. The molecule has 8 nitrogen and oxygen atoms in total. The van der Waals surface area contributed by atoms with Crippen molar-refractivity contribution in [2.75, 3.05) is 24.9 Å². The highest BCUT2D eigenvalue weighted by atomic mass is 16.5. The van der Waals surface area contributed by atoms with Crippen molar-refractivity contribution in [2.24, 2.45) is 0 Å².